The van der Waals surface area contributed by atoms with E-state index in [0.29, 0.717) is 0 Å². The molecule has 0 aromatic carbocycles. The molecule has 0 aliphatic carbocycles. The van der Waals surface area contributed by atoms with Gasteiger partial charge in [0.1, 0.15) is 11.6 Å². The number of fused-ring (bicyclic) bond motifs is 1. The third-order valence-electron chi connectivity index (χ3n) is 2.73. The van der Waals surface area contributed by atoms with Gasteiger partial charge in [-0.3, -0.25) is 4.79 Å². The van der Waals surface area contributed by atoms with Crippen molar-refractivity contribution in [3.8, 4) is 6.07 Å². The van der Waals surface area contributed by atoms with Gasteiger partial charge in [-0.25, -0.2) is 0 Å². The van der Waals surface area contributed by atoms with Crippen LogP contribution in [0.15, 0.2) is 17.3 Å². The average Bonchev–Trinajstić information content (AvgIpc) is 2.29. The molecular formula is C12H14N4O. The van der Waals surface area contributed by atoms with Crippen molar-refractivity contribution in [2.24, 2.45) is 0 Å². The molecule has 1 aromatic rings. The lowest BCUT2D eigenvalue weighted by molar-refractivity contribution is 0.549. The SMILES string of the molecule is CN(C)/C=C1\CCCn2cnc(=O)c(C#N)c21. The zero-order valence-corrected chi connectivity index (χ0v) is 9.97. The molecule has 0 spiro atoms. The Hall–Kier alpha value is -2.09. The standard InChI is InChI=1S/C12H14N4O/c1-15(2)7-9-4-3-5-16-8-14-12(17)10(6-13)11(9)16/h7-8H,3-5H2,1-2H3/b9-7+. The Morgan fingerprint density at radius 3 is 3.00 bits per heavy atom. The van der Waals surface area contributed by atoms with E-state index in [1.165, 1.54) is 6.33 Å². The topological polar surface area (TPSA) is 61.9 Å². The van der Waals surface area contributed by atoms with Crippen molar-refractivity contribution in [2.75, 3.05) is 14.1 Å². The van der Waals surface area contributed by atoms with Crippen molar-refractivity contribution >= 4 is 5.57 Å². The molecule has 88 valence electrons. The largest absolute Gasteiger partial charge is 0.383 e. The van der Waals surface area contributed by atoms with Crippen LogP contribution in [0.4, 0.5) is 0 Å². The van der Waals surface area contributed by atoms with Crippen LogP contribution < -0.4 is 5.56 Å². The summed E-state index contributed by atoms with van der Waals surface area (Å²) in [7, 11) is 3.86. The van der Waals surface area contributed by atoms with Gasteiger partial charge in [-0.1, -0.05) is 0 Å². The van der Waals surface area contributed by atoms with E-state index in [9.17, 15) is 4.79 Å². The molecule has 5 nitrogen and oxygen atoms in total. The molecule has 5 heteroatoms. The summed E-state index contributed by atoms with van der Waals surface area (Å²) in [4.78, 5) is 17.2. The normalized spacial score (nSPS) is 16.4. The van der Waals surface area contributed by atoms with Gasteiger partial charge in [0, 0.05) is 26.8 Å². The molecule has 0 radical (unpaired) electrons. The van der Waals surface area contributed by atoms with Crippen LogP contribution in [-0.2, 0) is 6.54 Å². The maximum Gasteiger partial charge on any atom is 0.291 e. The Balaban J connectivity index is 2.68. The van der Waals surface area contributed by atoms with Gasteiger partial charge < -0.3 is 9.47 Å². The van der Waals surface area contributed by atoms with Crippen LogP contribution in [0.1, 0.15) is 24.1 Å². The highest BCUT2D eigenvalue weighted by molar-refractivity contribution is 5.68. The molecule has 1 aromatic heterocycles. The lowest BCUT2D eigenvalue weighted by Crippen LogP contribution is -2.23. The van der Waals surface area contributed by atoms with Crippen LogP contribution in [0, 0.1) is 11.3 Å². The van der Waals surface area contributed by atoms with Crippen LogP contribution in [0.25, 0.3) is 5.57 Å². The summed E-state index contributed by atoms with van der Waals surface area (Å²) in [6, 6.07) is 1.97. The molecule has 0 unspecified atom stereocenters. The molecule has 2 rings (SSSR count). The lowest BCUT2D eigenvalue weighted by atomic mass is 9.99. The van der Waals surface area contributed by atoms with Crippen molar-refractivity contribution in [3.05, 3.63) is 34.1 Å². The molecule has 0 saturated heterocycles. The second-order valence-corrected chi connectivity index (χ2v) is 4.30. The quantitative estimate of drug-likeness (QED) is 0.716. The molecule has 1 aliphatic rings. The van der Waals surface area contributed by atoms with E-state index in [-0.39, 0.29) is 5.56 Å². The first-order valence-electron chi connectivity index (χ1n) is 5.50. The van der Waals surface area contributed by atoms with Gasteiger partial charge in [0.05, 0.1) is 12.0 Å². The smallest absolute Gasteiger partial charge is 0.291 e. The maximum absolute atomic E-state index is 11.6. The minimum absolute atomic E-state index is 0.153. The van der Waals surface area contributed by atoms with E-state index in [1.54, 1.807) is 0 Å². The second kappa shape index (κ2) is 4.42. The predicted molar refractivity (Wildman–Crippen MR) is 64.1 cm³/mol. The Kier molecular flexibility index (Phi) is 2.96. The Labute approximate surface area is 99.6 Å². The molecule has 0 saturated carbocycles. The number of aryl methyl sites for hydroxylation is 1. The van der Waals surface area contributed by atoms with Gasteiger partial charge in [0.25, 0.3) is 5.56 Å². The van der Waals surface area contributed by atoms with Gasteiger partial charge in [0.2, 0.25) is 0 Å². The van der Waals surface area contributed by atoms with E-state index < -0.39 is 5.56 Å². The number of allylic oxidation sites excluding steroid dienone is 1. The minimum atomic E-state index is -0.440. The number of hydrogen-bond acceptors (Lipinski definition) is 4. The summed E-state index contributed by atoms with van der Waals surface area (Å²) in [5.74, 6) is 0. The first-order chi connectivity index (χ1) is 8.13. The van der Waals surface area contributed by atoms with Gasteiger partial charge in [-0.2, -0.15) is 10.2 Å². The van der Waals surface area contributed by atoms with Crippen LogP contribution in [0.5, 0.6) is 0 Å². The molecule has 2 heterocycles. The number of nitriles is 1. The molecule has 0 amide bonds. The van der Waals surface area contributed by atoms with E-state index >= 15 is 0 Å². The van der Waals surface area contributed by atoms with E-state index in [1.807, 2.05) is 35.8 Å². The van der Waals surface area contributed by atoms with Gasteiger partial charge >= 0.3 is 0 Å². The molecule has 1 aliphatic heterocycles. The highest BCUT2D eigenvalue weighted by Gasteiger charge is 2.19. The molecule has 0 N–H and O–H groups in total. The van der Waals surface area contributed by atoms with Gasteiger partial charge in [0.15, 0.2) is 0 Å². The summed E-state index contributed by atoms with van der Waals surface area (Å²) >= 11 is 0. The van der Waals surface area contributed by atoms with Gasteiger partial charge in [-0.05, 0) is 18.4 Å². The number of hydrogen-bond donors (Lipinski definition) is 0. The fraction of sp³-hybridized carbons (Fsp3) is 0.417. The lowest BCUT2D eigenvalue weighted by Gasteiger charge is -2.23. The van der Waals surface area contributed by atoms with Gasteiger partial charge in [-0.15, -0.1) is 0 Å². The summed E-state index contributed by atoms with van der Waals surface area (Å²) in [5, 5.41) is 9.08. The zero-order valence-electron chi connectivity index (χ0n) is 9.97. The first kappa shape index (κ1) is 11.4. The average molecular weight is 230 g/mol. The Morgan fingerprint density at radius 1 is 1.59 bits per heavy atom. The maximum atomic E-state index is 11.6. The summed E-state index contributed by atoms with van der Waals surface area (Å²) < 4.78 is 1.89. The zero-order chi connectivity index (χ0) is 12.4. The Bertz CT molecular complexity index is 563. The van der Waals surface area contributed by atoms with Crippen molar-refractivity contribution in [1.82, 2.24) is 14.5 Å². The molecule has 0 fully saturated rings. The Morgan fingerprint density at radius 2 is 2.35 bits per heavy atom. The van der Waals surface area contributed by atoms with Crippen molar-refractivity contribution < 1.29 is 0 Å². The van der Waals surface area contributed by atoms with E-state index in [4.69, 9.17) is 5.26 Å². The highest BCUT2D eigenvalue weighted by Crippen LogP contribution is 2.26. The second-order valence-electron chi connectivity index (χ2n) is 4.30. The third kappa shape index (κ3) is 2.07. The molecule has 0 bridgehead atoms. The van der Waals surface area contributed by atoms with Crippen LogP contribution in [0.2, 0.25) is 0 Å². The highest BCUT2D eigenvalue weighted by atomic mass is 16.1. The van der Waals surface area contributed by atoms with Crippen molar-refractivity contribution in [1.29, 1.82) is 5.26 Å². The number of aromatic nitrogens is 2. The predicted octanol–water partition coefficient (Wildman–Crippen LogP) is 0.811. The fourth-order valence-electron chi connectivity index (χ4n) is 2.10. The monoisotopic (exact) mass is 230 g/mol. The van der Waals surface area contributed by atoms with Crippen molar-refractivity contribution in [2.45, 2.75) is 19.4 Å². The molecule has 17 heavy (non-hydrogen) atoms. The van der Waals surface area contributed by atoms with Crippen LogP contribution in [0.3, 0.4) is 0 Å². The summed E-state index contributed by atoms with van der Waals surface area (Å²) in [6.07, 6.45) is 5.38. The van der Waals surface area contributed by atoms with Crippen molar-refractivity contribution in [3.63, 3.8) is 0 Å². The fourth-order valence-corrected chi connectivity index (χ4v) is 2.10. The van der Waals surface area contributed by atoms with E-state index in [2.05, 4.69) is 4.98 Å². The summed E-state index contributed by atoms with van der Waals surface area (Å²) in [5.41, 5.74) is 1.47. The van der Waals surface area contributed by atoms with E-state index in [0.717, 1.165) is 30.7 Å². The van der Waals surface area contributed by atoms with Crippen LogP contribution in [-0.4, -0.2) is 28.5 Å². The molecule has 0 atom stereocenters. The minimum Gasteiger partial charge on any atom is -0.383 e. The number of nitrogens with zero attached hydrogens (tertiary/aromatic N) is 4. The third-order valence-corrected chi connectivity index (χ3v) is 2.73. The first-order valence-corrected chi connectivity index (χ1v) is 5.50. The summed E-state index contributed by atoms with van der Waals surface area (Å²) in [6.45, 7) is 0.808. The molecular weight excluding hydrogens is 216 g/mol. The number of rotatable bonds is 1. The van der Waals surface area contributed by atoms with Crippen LogP contribution >= 0.6 is 0 Å².